The van der Waals surface area contributed by atoms with Crippen LogP contribution in [0.1, 0.15) is 84.6 Å². The molecule has 8 heteroatoms. The van der Waals surface area contributed by atoms with E-state index in [-0.39, 0.29) is 12.3 Å². The Morgan fingerprint density at radius 2 is 1.72 bits per heavy atom. The predicted molar refractivity (Wildman–Crippen MR) is 123 cm³/mol. The van der Waals surface area contributed by atoms with E-state index < -0.39 is 5.97 Å². The smallest absolute Gasteiger partial charge is 0.303 e. The van der Waals surface area contributed by atoms with Gasteiger partial charge in [-0.2, -0.15) is 0 Å². The Kier molecular flexibility index (Phi) is 7.86. The third-order valence-corrected chi connectivity index (χ3v) is 7.51. The first kappa shape index (κ1) is 22.9. The van der Waals surface area contributed by atoms with Crippen molar-refractivity contribution in [2.75, 3.05) is 11.9 Å². The maximum atomic E-state index is 12.6. The summed E-state index contributed by atoms with van der Waals surface area (Å²) in [6.45, 7) is 1.21. The fourth-order valence-corrected chi connectivity index (χ4v) is 5.55. The van der Waals surface area contributed by atoms with Crippen LogP contribution in [0.25, 0.3) is 0 Å². The van der Waals surface area contributed by atoms with Crippen molar-refractivity contribution >= 4 is 28.3 Å². The van der Waals surface area contributed by atoms with Crippen molar-refractivity contribution < 1.29 is 19.4 Å². The van der Waals surface area contributed by atoms with Crippen molar-refractivity contribution in [2.45, 2.75) is 70.3 Å². The SMILES string of the molecule is O=C(O)CC1CCC(c2ccc(C(=O)Nc3nnc(COCC4CCCC4)s3)cc2)CC1. The molecular weight excluding hydrogens is 426 g/mol. The summed E-state index contributed by atoms with van der Waals surface area (Å²) in [4.78, 5) is 23.5. The zero-order valence-corrected chi connectivity index (χ0v) is 19.1. The van der Waals surface area contributed by atoms with E-state index in [0.717, 1.165) is 37.3 Å². The monoisotopic (exact) mass is 457 g/mol. The van der Waals surface area contributed by atoms with Gasteiger partial charge in [-0.25, -0.2) is 0 Å². The molecule has 1 aromatic heterocycles. The highest BCUT2D eigenvalue weighted by atomic mass is 32.1. The van der Waals surface area contributed by atoms with Gasteiger partial charge in [-0.05, 0) is 74.0 Å². The van der Waals surface area contributed by atoms with Crippen molar-refractivity contribution in [3.63, 3.8) is 0 Å². The minimum Gasteiger partial charge on any atom is -0.481 e. The first-order valence-electron chi connectivity index (χ1n) is 11.6. The molecule has 2 aliphatic carbocycles. The number of aromatic nitrogens is 2. The van der Waals surface area contributed by atoms with Crippen LogP contribution in [0.15, 0.2) is 24.3 Å². The number of carbonyl (C=O) groups is 2. The second kappa shape index (κ2) is 11.0. The molecule has 2 aliphatic rings. The van der Waals surface area contributed by atoms with Crippen LogP contribution in [0.2, 0.25) is 0 Å². The molecule has 1 heterocycles. The predicted octanol–water partition coefficient (Wildman–Crippen LogP) is 5.25. The van der Waals surface area contributed by atoms with Gasteiger partial charge in [0.1, 0.15) is 11.6 Å². The van der Waals surface area contributed by atoms with Crippen molar-refractivity contribution in [1.29, 1.82) is 0 Å². The van der Waals surface area contributed by atoms with Gasteiger partial charge in [-0.15, -0.1) is 10.2 Å². The Labute approximate surface area is 192 Å². The summed E-state index contributed by atoms with van der Waals surface area (Å²) >= 11 is 1.35. The first-order valence-corrected chi connectivity index (χ1v) is 12.4. The minimum absolute atomic E-state index is 0.198. The molecule has 0 atom stereocenters. The van der Waals surface area contributed by atoms with Crippen LogP contribution in [0.5, 0.6) is 0 Å². The summed E-state index contributed by atoms with van der Waals surface area (Å²) in [7, 11) is 0. The van der Waals surface area contributed by atoms with E-state index >= 15 is 0 Å². The molecule has 1 aromatic carbocycles. The summed E-state index contributed by atoms with van der Waals surface area (Å²) < 4.78 is 5.77. The molecule has 1 amide bonds. The molecule has 2 aromatic rings. The highest BCUT2D eigenvalue weighted by Crippen LogP contribution is 2.37. The van der Waals surface area contributed by atoms with Crippen LogP contribution in [-0.2, 0) is 16.1 Å². The number of hydrogen-bond acceptors (Lipinski definition) is 6. The van der Waals surface area contributed by atoms with Crippen molar-refractivity contribution in [2.24, 2.45) is 11.8 Å². The van der Waals surface area contributed by atoms with Gasteiger partial charge >= 0.3 is 5.97 Å². The molecule has 4 rings (SSSR count). The van der Waals surface area contributed by atoms with Crippen molar-refractivity contribution in [3.05, 3.63) is 40.4 Å². The minimum atomic E-state index is -0.706. The molecule has 7 nitrogen and oxygen atoms in total. The summed E-state index contributed by atoms with van der Waals surface area (Å²) in [5, 5.41) is 21.2. The van der Waals surface area contributed by atoms with Crippen LogP contribution in [-0.4, -0.2) is 33.8 Å². The fraction of sp³-hybridized carbons (Fsp3) is 0.583. The van der Waals surface area contributed by atoms with Crippen LogP contribution < -0.4 is 5.32 Å². The number of aliphatic carboxylic acids is 1. The molecule has 0 radical (unpaired) electrons. The number of rotatable bonds is 9. The number of anilines is 1. The maximum absolute atomic E-state index is 12.6. The number of nitrogens with zero attached hydrogens (tertiary/aromatic N) is 2. The maximum Gasteiger partial charge on any atom is 0.303 e. The van der Waals surface area contributed by atoms with Gasteiger partial charge < -0.3 is 9.84 Å². The van der Waals surface area contributed by atoms with E-state index in [1.54, 1.807) is 0 Å². The second-order valence-electron chi connectivity index (χ2n) is 9.06. The third-order valence-electron chi connectivity index (χ3n) is 6.70. The topological polar surface area (TPSA) is 101 Å². The molecule has 2 fully saturated rings. The van der Waals surface area contributed by atoms with Gasteiger partial charge in [0.25, 0.3) is 5.91 Å². The van der Waals surface area contributed by atoms with Crippen LogP contribution >= 0.6 is 11.3 Å². The lowest BCUT2D eigenvalue weighted by Gasteiger charge is -2.28. The molecular formula is C24H31N3O4S. The molecule has 0 aliphatic heterocycles. The second-order valence-corrected chi connectivity index (χ2v) is 10.1. The largest absolute Gasteiger partial charge is 0.481 e. The number of carboxylic acids is 1. The van der Waals surface area contributed by atoms with E-state index in [1.165, 1.54) is 42.6 Å². The normalized spacial score (nSPS) is 21.5. The lowest BCUT2D eigenvalue weighted by atomic mass is 9.77. The molecule has 0 saturated heterocycles. The molecule has 0 spiro atoms. The van der Waals surface area contributed by atoms with Gasteiger partial charge in [0.2, 0.25) is 5.13 Å². The van der Waals surface area contributed by atoms with Crippen molar-refractivity contribution in [3.8, 4) is 0 Å². The third kappa shape index (κ3) is 6.36. The fourth-order valence-electron chi connectivity index (χ4n) is 4.88. The Balaban J connectivity index is 1.23. The number of nitrogens with one attached hydrogen (secondary N) is 1. The van der Waals surface area contributed by atoms with Gasteiger partial charge in [0, 0.05) is 18.6 Å². The number of ether oxygens (including phenoxy) is 1. The number of carboxylic acid groups (broad SMARTS) is 1. The molecule has 172 valence electrons. The number of hydrogen-bond donors (Lipinski definition) is 2. The van der Waals surface area contributed by atoms with Gasteiger partial charge in [-0.1, -0.05) is 36.3 Å². The van der Waals surface area contributed by atoms with Gasteiger partial charge in [-0.3, -0.25) is 14.9 Å². The highest BCUT2D eigenvalue weighted by Gasteiger charge is 2.24. The van der Waals surface area contributed by atoms with E-state index in [4.69, 9.17) is 9.84 Å². The zero-order chi connectivity index (χ0) is 22.3. The van der Waals surface area contributed by atoms with E-state index in [9.17, 15) is 9.59 Å². The van der Waals surface area contributed by atoms with E-state index in [1.807, 2.05) is 24.3 Å². The number of benzene rings is 1. The van der Waals surface area contributed by atoms with Crippen molar-refractivity contribution in [1.82, 2.24) is 10.2 Å². The average molecular weight is 458 g/mol. The van der Waals surface area contributed by atoms with Gasteiger partial charge in [0.05, 0.1) is 0 Å². The standard InChI is InChI=1S/C24H31N3O4S/c28-22(29)13-16-5-7-18(8-6-16)19-9-11-20(12-10-19)23(30)25-24-27-26-21(32-24)15-31-14-17-3-1-2-4-17/h9-12,16-18H,1-8,13-15H2,(H,28,29)(H,25,27,30). The quantitative estimate of drug-likeness (QED) is 0.534. The Morgan fingerprint density at radius 1 is 1.00 bits per heavy atom. The first-order chi connectivity index (χ1) is 15.6. The van der Waals surface area contributed by atoms with Crippen LogP contribution in [0.3, 0.4) is 0 Å². The van der Waals surface area contributed by atoms with E-state index in [0.29, 0.717) is 35.1 Å². The summed E-state index contributed by atoms with van der Waals surface area (Å²) in [5.41, 5.74) is 1.80. The molecule has 32 heavy (non-hydrogen) atoms. The highest BCUT2D eigenvalue weighted by molar-refractivity contribution is 7.15. The Hall–Kier alpha value is -2.32. The Morgan fingerprint density at radius 3 is 2.41 bits per heavy atom. The zero-order valence-electron chi connectivity index (χ0n) is 18.3. The Bertz CT molecular complexity index is 900. The molecule has 0 bridgehead atoms. The number of carbonyl (C=O) groups excluding carboxylic acids is 1. The molecule has 2 saturated carbocycles. The lowest BCUT2D eigenvalue weighted by Crippen LogP contribution is -2.16. The molecule has 2 N–H and O–H groups in total. The van der Waals surface area contributed by atoms with Crippen LogP contribution in [0, 0.1) is 11.8 Å². The average Bonchev–Trinajstić information content (AvgIpc) is 3.46. The summed E-state index contributed by atoms with van der Waals surface area (Å²) in [5.74, 6) is 0.495. The van der Waals surface area contributed by atoms with E-state index in [2.05, 4.69) is 15.5 Å². The van der Waals surface area contributed by atoms with Gasteiger partial charge in [0.15, 0.2) is 0 Å². The lowest BCUT2D eigenvalue weighted by molar-refractivity contribution is -0.138. The summed E-state index contributed by atoms with van der Waals surface area (Å²) in [6, 6.07) is 7.72. The molecule has 0 unspecified atom stereocenters. The summed E-state index contributed by atoms with van der Waals surface area (Å²) in [6.07, 6.45) is 9.28. The number of amides is 1. The van der Waals surface area contributed by atoms with Crippen LogP contribution in [0.4, 0.5) is 5.13 Å².